The van der Waals surface area contributed by atoms with Crippen molar-refractivity contribution in [2.75, 3.05) is 5.75 Å². The number of carbonyl (C=O) groups is 2. The van der Waals surface area contributed by atoms with E-state index >= 15 is 0 Å². The van der Waals surface area contributed by atoms with Crippen LogP contribution in [0.15, 0.2) is 0 Å². The second-order valence-electron chi connectivity index (χ2n) is 5.26. The van der Waals surface area contributed by atoms with E-state index in [0.29, 0.717) is 11.8 Å². The van der Waals surface area contributed by atoms with Gasteiger partial charge in [-0.25, -0.2) is 4.79 Å². The monoisotopic (exact) mass is 273 g/mol. The Morgan fingerprint density at radius 3 is 2.50 bits per heavy atom. The van der Waals surface area contributed by atoms with E-state index in [2.05, 4.69) is 31.8 Å². The van der Waals surface area contributed by atoms with Gasteiger partial charge < -0.3 is 10.1 Å². The van der Waals surface area contributed by atoms with E-state index in [1.165, 1.54) is 6.92 Å². The van der Waals surface area contributed by atoms with Gasteiger partial charge in [0.1, 0.15) is 12.1 Å². The first kappa shape index (κ1) is 15.3. The third kappa shape index (κ3) is 4.52. The first-order valence-electron chi connectivity index (χ1n) is 6.52. The third-order valence-electron chi connectivity index (χ3n) is 3.68. The Morgan fingerprint density at radius 2 is 2.00 bits per heavy atom. The number of hydrogen-bond acceptors (Lipinski definition) is 4. The lowest BCUT2D eigenvalue weighted by atomic mass is 9.80. The summed E-state index contributed by atoms with van der Waals surface area (Å²) in [7, 11) is 0. The number of nitrogens with one attached hydrogen (secondary N) is 1. The number of rotatable bonds is 4. The maximum atomic E-state index is 11.9. The average Bonchev–Trinajstić information content (AvgIpc) is 2.30. The van der Waals surface area contributed by atoms with Crippen LogP contribution in [0.5, 0.6) is 0 Å². The molecule has 0 spiro atoms. The van der Waals surface area contributed by atoms with Crippen LogP contribution in [0.3, 0.4) is 0 Å². The van der Waals surface area contributed by atoms with Gasteiger partial charge >= 0.3 is 5.97 Å². The summed E-state index contributed by atoms with van der Waals surface area (Å²) in [5, 5.41) is 2.55. The summed E-state index contributed by atoms with van der Waals surface area (Å²) < 4.78 is 5.46. The number of amides is 1. The molecule has 1 aliphatic rings. The zero-order chi connectivity index (χ0) is 13.7. The minimum atomic E-state index is -0.638. The van der Waals surface area contributed by atoms with Crippen molar-refractivity contribution in [3.05, 3.63) is 0 Å². The first-order valence-corrected chi connectivity index (χ1v) is 7.15. The zero-order valence-corrected chi connectivity index (χ0v) is 12.2. The summed E-state index contributed by atoms with van der Waals surface area (Å²) in [5.74, 6) is 0.920. The molecule has 0 aliphatic heterocycles. The second kappa shape index (κ2) is 7.02. The Morgan fingerprint density at radius 1 is 1.33 bits per heavy atom. The van der Waals surface area contributed by atoms with Crippen molar-refractivity contribution in [2.45, 2.75) is 52.2 Å². The molecule has 5 heteroatoms. The highest BCUT2D eigenvalue weighted by atomic mass is 32.1. The highest BCUT2D eigenvalue weighted by Crippen LogP contribution is 2.31. The molecule has 0 aromatic heterocycles. The van der Waals surface area contributed by atoms with Crippen LogP contribution in [-0.4, -0.2) is 29.8 Å². The molecule has 0 aromatic rings. The third-order valence-corrected chi connectivity index (χ3v) is 4.04. The molecule has 18 heavy (non-hydrogen) atoms. The van der Waals surface area contributed by atoms with Crippen LogP contribution in [-0.2, 0) is 14.3 Å². The number of carbonyl (C=O) groups excluding carboxylic acids is 2. The highest BCUT2D eigenvalue weighted by Gasteiger charge is 2.29. The van der Waals surface area contributed by atoms with Crippen LogP contribution >= 0.6 is 12.6 Å². The Bertz CT molecular complexity index is 309. The van der Waals surface area contributed by atoms with Gasteiger partial charge in [-0.1, -0.05) is 13.8 Å². The van der Waals surface area contributed by atoms with E-state index in [1.54, 1.807) is 0 Å². The molecule has 0 radical (unpaired) electrons. The summed E-state index contributed by atoms with van der Waals surface area (Å²) in [6.45, 7) is 5.80. The molecular weight excluding hydrogens is 250 g/mol. The van der Waals surface area contributed by atoms with Gasteiger partial charge in [-0.3, -0.25) is 4.79 Å². The molecule has 0 heterocycles. The van der Waals surface area contributed by atoms with E-state index in [1.807, 2.05) is 0 Å². The lowest BCUT2D eigenvalue weighted by Crippen LogP contribution is -2.44. The number of thiol groups is 1. The van der Waals surface area contributed by atoms with E-state index in [4.69, 9.17) is 4.74 Å². The fourth-order valence-corrected chi connectivity index (χ4v) is 2.52. The maximum absolute atomic E-state index is 11.9. The van der Waals surface area contributed by atoms with Crippen LogP contribution in [0, 0.1) is 11.8 Å². The Balaban J connectivity index is 2.45. The molecule has 3 unspecified atom stereocenters. The predicted octanol–water partition coefficient (Wildman–Crippen LogP) is 1.79. The van der Waals surface area contributed by atoms with Crippen LogP contribution < -0.4 is 5.32 Å². The van der Waals surface area contributed by atoms with Crippen molar-refractivity contribution in [1.29, 1.82) is 0 Å². The molecule has 0 bridgehead atoms. The Hall–Kier alpha value is -0.710. The molecule has 0 saturated heterocycles. The molecule has 1 saturated carbocycles. The minimum Gasteiger partial charge on any atom is -0.461 e. The lowest BCUT2D eigenvalue weighted by Gasteiger charge is -2.32. The van der Waals surface area contributed by atoms with Gasteiger partial charge in [0.15, 0.2) is 0 Å². The maximum Gasteiger partial charge on any atom is 0.329 e. The molecule has 104 valence electrons. The SMILES string of the molecule is CC(=O)N[C@@H](CS)C(=O)OC1CCC(C)C(C)C1. The van der Waals surface area contributed by atoms with Gasteiger partial charge in [0.25, 0.3) is 0 Å². The number of esters is 1. The van der Waals surface area contributed by atoms with Gasteiger partial charge in [0.2, 0.25) is 5.91 Å². The van der Waals surface area contributed by atoms with E-state index < -0.39 is 6.04 Å². The summed E-state index contributed by atoms with van der Waals surface area (Å²) in [4.78, 5) is 22.8. The smallest absolute Gasteiger partial charge is 0.329 e. The normalized spacial score (nSPS) is 29.4. The van der Waals surface area contributed by atoms with Crippen molar-refractivity contribution in [3.8, 4) is 0 Å². The van der Waals surface area contributed by atoms with Crippen molar-refractivity contribution in [1.82, 2.24) is 5.32 Å². The Kier molecular flexibility index (Phi) is 5.99. The zero-order valence-electron chi connectivity index (χ0n) is 11.3. The quantitative estimate of drug-likeness (QED) is 0.606. The lowest BCUT2D eigenvalue weighted by molar-refractivity contribution is -0.154. The fourth-order valence-electron chi connectivity index (χ4n) is 2.28. The van der Waals surface area contributed by atoms with Crippen LogP contribution in [0.25, 0.3) is 0 Å². The first-order chi connectivity index (χ1) is 8.43. The molecule has 1 rings (SSSR count). The summed E-state index contributed by atoms with van der Waals surface area (Å²) in [6, 6.07) is -0.638. The van der Waals surface area contributed by atoms with Gasteiger partial charge in [0.05, 0.1) is 0 Å². The topological polar surface area (TPSA) is 55.4 Å². The average molecular weight is 273 g/mol. The van der Waals surface area contributed by atoms with Crippen LogP contribution in [0.2, 0.25) is 0 Å². The summed E-state index contributed by atoms with van der Waals surface area (Å²) >= 11 is 4.06. The van der Waals surface area contributed by atoms with E-state index in [-0.39, 0.29) is 23.7 Å². The molecule has 1 amide bonds. The molecule has 1 fully saturated rings. The van der Waals surface area contributed by atoms with Gasteiger partial charge in [-0.2, -0.15) is 12.6 Å². The molecule has 4 nitrogen and oxygen atoms in total. The van der Waals surface area contributed by atoms with Gasteiger partial charge in [0, 0.05) is 12.7 Å². The van der Waals surface area contributed by atoms with Crippen molar-refractivity contribution < 1.29 is 14.3 Å². The van der Waals surface area contributed by atoms with Crippen LogP contribution in [0.4, 0.5) is 0 Å². The molecule has 1 aliphatic carbocycles. The number of ether oxygens (including phenoxy) is 1. The van der Waals surface area contributed by atoms with Gasteiger partial charge in [-0.05, 0) is 31.1 Å². The molecular formula is C13H23NO3S. The summed E-state index contributed by atoms with van der Waals surface area (Å²) in [6.07, 6.45) is 2.90. The van der Waals surface area contributed by atoms with Gasteiger partial charge in [-0.15, -0.1) is 0 Å². The van der Waals surface area contributed by atoms with E-state index in [9.17, 15) is 9.59 Å². The standard InChI is InChI=1S/C13H23NO3S/c1-8-4-5-11(6-9(8)2)17-13(16)12(7-18)14-10(3)15/h8-9,11-12,18H,4-7H2,1-3H3,(H,14,15)/t8?,9?,11?,12-/m0/s1. The predicted molar refractivity (Wildman–Crippen MR) is 73.5 cm³/mol. The summed E-state index contributed by atoms with van der Waals surface area (Å²) in [5.41, 5.74) is 0. The number of hydrogen-bond donors (Lipinski definition) is 2. The van der Waals surface area contributed by atoms with E-state index in [0.717, 1.165) is 19.3 Å². The van der Waals surface area contributed by atoms with Crippen LogP contribution in [0.1, 0.15) is 40.0 Å². The molecule has 0 aromatic carbocycles. The molecule has 1 N–H and O–H groups in total. The largest absolute Gasteiger partial charge is 0.461 e. The second-order valence-corrected chi connectivity index (χ2v) is 5.63. The van der Waals surface area contributed by atoms with Crippen molar-refractivity contribution in [2.24, 2.45) is 11.8 Å². The Labute approximate surface area is 114 Å². The highest BCUT2D eigenvalue weighted by molar-refractivity contribution is 7.80. The van der Waals surface area contributed by atoms with Crippen molar-refractivity contribution in [3.63, 3.8) is 0 Å². The molecule has 4 atom stereocenters. The van der Waals surface area contributed by atoms with Crippen molar-refractivity contribution >= 4 is 24.5 Å². The minimum absolute atomic E-state index is 0.0140. The fraction of sp³-hybridized carbons (Fsp3) is 0.846.